The number of anilines is 1. The standard InChI is InChI=1S/C18H16F3N3OS2/c1-7-8(2)26-17-13(7)18(23-10(4)22-17)27-9(3)16(25)24-12-6-5-11(19)14(20)15(12)21/h5-6,9H,1-4H3,(H,24,25). The molecule has 0 radical (unpaired) electrons. The summed E-state index contributed by atoms with van der Waals surface area (Å²) in [7, 11) is 0. The molecule has 27 heavy (non-hydrogen) atoms. The molecule has 0 fully saturated rings. The molecule has 1 unspecified atom stereocenters. The first-order valence-electron chi connectivity index (χ1n) is 8.04. The highest BCUT2D eigenvalue weighted by molar-refractivity contribution is 8.00. The number of rotatable bonds is 4. The van der Waals surface area contributed by atoms with Crippen LogP contribution < -0.4 is 5.32 Å². The zero-order valence-corrected chi connectivity index (χ0v) is 16.6. The van der Waals surface area contributed by atoms with Gasteiger partial charge in [0.2, 0.25) is 5.91 Å². The fourth-order valence-electron chi connectivity index (χ4n) is 2.48. The van der Waals surface area contributed by atoms with Gasteiger partial charge >= 0.3 is 0 Å². The highest BCUT2D eigenvalue weighted by Crippen LogP contribution is 2.36. The van der Waals surface area contributed by atoms with Crippen molar-refractivity contribution in [1.29, 1.82) is 0 Å². The molecule has 0 spiro atoms. The lowest BCUT2D eigenvalue weighted by Gasteiger charge is -2.13. The van der Waals surface area contributed by atoms with E-state index >= 15 is 0 Å². The zero-order valence-electron chi connectivity index (χ0n) is 15.0. The van der Waals surface area contributed by atoms with Gasteiger partial charge < -0.3 is 5.32 Å². The van der Waals surface area contributed by atoms with Crippen LogP contribution in [0.3, 0.4) is 0 Å². The summed E-state index contributed by atoms with van der Waals surface area (Å²) in [5.41, 5.74) is 0.648. The van der Waals surface area contributed by atoms with Gasteiger partial charge in [-0.1, -0.05) is 11.8 Å². The molecule has 4 nitrogen and oxygen atoms in total. The van der Waals surface area contributed by atoms with E-state index in [9.17, 15) is 18.0 Å². The Morgan fingerprint density at radius 3 is 2.56 bits per heavy atom. The predicted molar refractivity (Wildman–Crippen MR) is 102 cm³/mol. The van der Waals surface area contributed by atoms with Gasteiger partial charge in [0.15, 0.2) is 17.5 Å². The molecule has 0 bridgehead atoms. The number of fused-ring (bicyclic) bond motifs is 1. The summed E-state index contributed by atoms with van der Waals surface area (Å²) in [6.07, 6.45) is 0. The summed E-state index contributed by atoms with van der Waals surface area (Å²) in [5.74, 6) is -4.31. The van der Waals surface area contributed by atoms with Crippen LogP contribution in [0.15, 0.2) is 17.2 Å². The molecule has 142 valence electrons. The van der Waals surface area contributed by atoms with E-state index in [1.807, 2.05) is 13.8 Å². The minimum Gasteiger partial charge on any atom is -0.323 e. The number of aromatic nitrogens is 2. The largest absolute Gasteiger partial charge is 0.323 e. The molecule has 0 saturated heterocycles. The first-order chi connectivity index (χ1) is 12.7. The molecule has 3 rings (SSSR count). The van der Waals surface area contributed by atoms with Crippen LogP contribution in [-0.2, 0) is 4.79 Å². The van der Waals surface area contributed by atoms with Crippen molar-refractivity contribution >= 4 is 44.9 Å². The summed E-state index contributed by atoms with van der Waals surface area (Å²) in [4.78, 5) is 23.3. The smallest absolute Gasteiger partial charge is 0.237 e. The third kappa shape index (κ3) is 3.79. The average Bonchev–Trinajstić information content (AvgIpc) is 2.89. The van der Waals surface area contributed by atoms with E-state index in [2.05, 4.69) is 15.3 Å². The summed E-state index contributed by atoms with van der Waals surface area (Å²) in [6.45, 7) is 7.37. The Bertz CT molecular complexity index is 1050. The van der Waals surface area contributed by atoms with Crippen LogP contribution in [0.2, 0.25) is 0 Å². The van der Waals surface area contributed by atoms with Crippen molar-refractivity contribution in [3.8, 4) is 0 Å². The van der Waals surface area contributed by atoms with Crippen molar-refractivity contribution in [2.75, 3.05) is 5.32 Å². The lowest BCUT2D eigenvalue weighted by molar-refractivity contribution is -0.115. The molecular weight excluding hydrogens is 395 g/mol. The average molecular weight is 411 g/mol. The van der Waals surface area contributed by atoms with E-state index in [0.717, 1.165) is 32.8 Å². The molecule has 0 aliphatic carbocycles. The van der Waals surface area contributed by atoms with Crippen LogP contribution >= 0.6 is 23.1 Å². The monoisotopic (exact) mass is 411 g/mol. The van der Waals surface area contributed by atoms with Crippen LogP contribution in [0.4, 0.5) is 18.9 Å². The number of halogens is 3. The van der Waals surface area contributed by atoms with E-state index < -0.39 is 34.3 Å². The van der Waals surface area contributed by atoms with Gasteiger partial charge in [-0.05, 0) is 45.4 Å². The minimum atomic E-state index is -1.62. The quantitative estimate of drug-likeness (QED) is 0.366. The summed E-state index contributed by atoms with van der Waals surface area (Å²) in [6, 6.07) is 1.75. The van der Waals surface area contributed by atoms with Crippen molar-refractivity contribution in [2.45, 2.75) is 38.0 Å². The van der Waals surface area contributed by atoms with Crippen molar-refractivity contribution in [2.24, 2.45) is 0 Å². The van der Waals surface area contributed by atoms with Gasteiger partial charge in [-0.15, -0.1) is 11.3 Å². The molecule has 3 aromatic rings. The molecule has 0 saturated carbocycles. The normalized spacial score (nSPS) is 12.4. The summed E-state index contributed by atoms with van der Waals surface area (Å²) in [5, 5.41) is 3.21. The second-order valence-corrected chi connectivity index (χ2v) is 8.54. The molecular formula is C18H16F3N3OS2. The number of nitrogens with one attached hydrogen (secondary N) is 1. The SMILES string of the molecule is Cc1nc(SC(C)C(=O)Nc2ccc(F)c(F)c2F)c2c(C)c(C)sc2n1. The second kappa shape index (κ2) is 7.47. The van der Waals surface area contributed by atoms with Gasteiger partial charge in [-0.25, -0.2) is 23.1 Å². The lowest BCUT2D eigenvalue weighted by atomic mass is 10.2. The number of thiophene rings is 1. The lowest BCUT2D eigenvalue weighted by Crippen LogP contribution is -2.23. The van der Waals surface area contributed by atoms with Crippen molar-refractivity contribution in [3.63, 3.8) is 0 Å². The zero-order chi connectivity index (χ0) is 19.9. The Morgan fingerprint density at radius 2 is 1.85 bits per heavy atom. The first kappa shape index (κ1) is 19.6. The van der Waals surface area contributed by atoms with Crippen LogP contribution in [0, 0.1) is 38.2 Å². The molecule has 1 N–H and O–H groups in total. The Hall–Kier alpha value is -2.13. The van der Waals surface area contributed by atoms with Crippen molar-refractivity contribution in [3.05, 3.63) is 45.8 Å². The Labute approximate surface area is 162 Å². The second-order valence-electron chi connectivity index (χ2n) is 6.01. The number of carbonyl (C=O) groups excluding carboxylic acids is 1. The fourth-order valence-corrected chi connectivity index (χ4v) is 4.67. The molecule has 1 amide bonds. The summed E-state index contributed by atoms with van der Waals surface area (Å²) < 4.78 is 40.1. The maximum absolute atomic E-state index is 13.8. The van der Waals surface area contributed by atoms with Crippen LogP contribution in [-0.4, -0.2) is 21.1 Å². The van der Waals surface area contributed by atoms with E-state index in [1.54, 1.807) is 25.2 Å². The minimum absolute atomic E-state index is 0.405. The van der Waals surface area contributed by atoms with Crippen molar-refractivity contribution < 1.29 is 18.0 Å². The number of carbonyl (C=O) groups is 1. The Kier molecular flexibility index (Phi) is 5.43. The molecule has 1 atom stereocenters. The molecule has 1 aromatic carbocycles. The van der Waals surface area contributed by atoms with Crippen LogP contribution in [0.25, 0.3) is 10.2 Å². The fraction of sp³-hybridized carbons (Fsp3) is 0.278. The van der Waals surface area contributed by atoms with Gasteiger partial charge in [-0.3, -0.25) is 4.79 Å². The highest BCUT2D eigenvalue weighted by atomic mass is 32.2. The molecule has 0 aliphatic heterocycles. The van der Waals surface area contributed by atoms with Gasteiger partial charge in [0.05, 0.1) is 10.9 Å². The molecule has 0 aliphatic rings. The van der Waals surface area contributed by atoms with Gasteiger partial charge in [0.1, 0.15) is 15.7 Å². The number of thioether (sulfide) groups is 1. The number of aryl methyl sites for hydroxylation is 3. The maximum atomic E-state index is 13.8. The third-order valence-electron chi connectivity index (χ3n) is 4.06. The Morgan fingerprint density at radius 1 is 1.15 bits per heavy atom. The first-order valence-corrected chi connectivity index (χ1v) is 9.74. The predicted octanol–water partition coefficient (Wildman–Crippen LogP) is 5.15. The summed E-state index contributed by atoms with van der Waals surface area (Å²) >= 11 is 2.77. The molecule has 2 aromatic heterocycles. The number of hydrogen-bond acceptors (Lipinski definition) is 5. The number of hydrogen-bond donors (Lipinski definition) is 1. The number of amides is 1. The van der Waals surface area contributed by atoms with E-state index in [0.29, 0.717) is 10.9 Å². The van der Waals surface area contributed by atoms with Crippen molar-refractivity contribution in [1.82, 2.24) is 9.97 Å². The van der Waals surface area contributed by atoms with Crippen LogP contribution in [0.1, 0.15) is 23.2 Å². The van der Waals surface area contributed by atoms with E-state index in [4.69, 9.17) is 0 Å². The molecule has 2 heterocycles. The van der Waals surface area contributed by atoms with E-state index in [1.165, 1.54) is 11.8 Å². The Balaban J connectivity index is 1.85. The number of benzene rings is 1. The van der Waals surface area contributed by atoms with Gasteiger partial charge in [0.25, 0.3) is 0 Å². The van der Waals surface area contributed by atoms with Crippen LogP contribution in [0.5, 0.6) is 0 Å². The van der Waals surface area contributed by atoms with Gasteiger partial charge in [0, 0.05) is 10.3 Å². The van der Waals surface area contributed by atoms with E-state index in [-0.39, 0.29) is 0 Å². The highest BCUT2D eigenvalue weighted by Gasteiger charge is 2.22. The third-order valence-corrected chi connectivity index (χ3v) is 6.25. The maximum Gasteiger partial charge on any atom is 0.237 e. The topological polar surface area (TPSA) is 54.9 Å². The number of nitrogens with zero attached hydrogens (tertiary/aromatic N) is 2. The molecule has 9 heteroatoms. The van der Waals surface area contributed by atoms with Gasteiger partial charge in [-0.2, -0.15) is 0 Å².